The Bertz CT molecular complexity index is 2930. The first-order chi connectivity index (χ1) is 27.8. The minimum absolute atomic E-state index is 0.0540. The Morgan fingerprint density at radius 3 is 1.56 bits per heavy atom. The molecule has 0 spiro atoms. The van der Waals surface area contributed by atoms with Crippen LogP contribution >= 0.6 is 0 Å². The smallest absolute Gasteiger partial charge is 0.160 e. The summed E-state index contributed by atoms with van der Waals surface area (Å²) in [7, 11) is 0. The summed E-state index contributed by atoms with van der Waals surface area (Å²) in [5, 5.41) is 23.5. The number of rotatable bonds is 6. The summed E-state index contributed by atoms with van der Waals surface area (Å²) in [5.41, 5.74) is 12.7. The molecule has 2 heterocycles. The molecule has 0 atom stereocenters. The minimum Gasteiger partial charge on any atom is -0.308 e. The van der Waals surface area contributed by atoms with E-state index in [1.807, 2.05) is 103 Å². The third-order valence-electron chi connectivity index (χ3n) is 10.7. The molecule has 9 aromatic rings. The highest BCUT2D eigenvalue weighted by atomic mass is 15.0. The molecule has 0 aliphatic heterocycles. The molecule has 0 fully saturated rings. The lowest BCUT2D eigenvalue weighted by molar-refractivity contribution is 0.591. The summed E-state index contributed by atoms with van der Waals surface area (Å²) in [4.78, 5) is 10.3. The monoisotopic (exact) mass is 731 g/mol. The maximum Gasteiger partial charge on any atom is 0.160 e. The third-order valence-corrected chi connectivity index (χ3v) is 10.7. The highest BCUT2D eigenvalue weighted by Gasteiger charge is 2.25. The van der Waals surface area contributed by atoms with Gasteiger partial charge in [-0.25, -0.2) is 9.97 Å². The van der Waals surface area contributed by atoms with E-state index in [9.17, 15) is 10.5 Å². The lowest BCUT2D eigenvalue weighted by atomic mass is 9.86. The van der Waals surface area contributed by atoms with Crippen LogP contribution < -0.4 is 0 Å². The lowest BCUT2D eigenvalue weighted by Crippen LogP contribution is -2.10. The van der Waals surface area contributed by atoms with Crippen molar-refractivity contribution in [3.8, 4) is 74.0 Å². The van der Waals surface area contributed by atoms with Gasteiger partial charge < -0.3 is 4.57 Å². The van der Waals surface area contributed by atoms with Crippen LogP contribution in [0.25, 0.3) is 83.6 Å². The van der Waals surface area contributed by atoms with Gasteiger partial charge in [0.15, 0.2) is 5.82 Å². The quantitative estimate of drug-likeness (QED) is 0.171. The minimum atomic E-state index is -0.0540. The second-order valence-corrected chi connectivity index (χ2v) is 15.3. The summed E-state index contributed by atoms with van der Waals surface area (Å²) in [6, 6.07) is 62.2. The molecule has 57 heavy (non-hydrogen) atoms. The lowest BCUT2D eigenvalue weighted by Gasteiger charge is -2.23. The van der Waals surface area contributed by atoms with Gasteiger partial charge in [0, 0.05) is 49.7 Å². The van der Waals surface area contributed by atoms with Crippen LogP contribution in [0.3, 0.4) is 0 Å². The molecule has 5 nitrogen and oxygen atoms in total. The normalized spacial score (nSPS) is 11.4. The number of aromatic nitrogens is 3. The molecule has 270 valence electrons. The zero-order valence-corrected chi connectivity index (χ0v) is 31.9. The van der Waals surface area contributed by atoms with Crippen molar-refractivity contribution in [2.45, 2.75) is 26.2 Å². The van der Waals surface area contributed by atoms with Crippen molar-refractivity contribution < 1.29 is 0 Å². The Kier molecular flexibility index (Phi) is 8.77. The first-order valence-corrected chi connectivity index (χ1v) is 19.0. The fourth-order valence-corrected chi connectivity index (χ4v) is 7.81. The van der Waals surface area contributed by atoms with Crippen molar-refractivity contribution in [1.82, 2.24) is 14.5 Å². The zero-order valence-electron chi connectivity index (χ0n) is 31.9. The number of nitriles is 2. The fraction of sp³-hybridized carbons (Fsp3) is 0.0769. The van der Waals surface area contributed by atoms with Gasteiger partial charge in [-0.15, -0.1) is 0 Å². The summed E-state index contributed by atoms with van der Waals surface area (Å²) < 4.78 is 2.32. The Morgan fingerprint density at radius 1 is 0.456 bits per heavy atom. The number of nitrogens with zero attached hydrogens (tertiary/aromatic N) is 5. The fourth-order valence-electron chi connectivity index (χ4n) is 7.81. The Balaban J connectivity index is 1.45. The number of para-hydroxylation sites is 1. The molecule has 0 amide bonds. The van der Waals surface area contributed by atoms with Crippen LogP contribution in [-0.2, 0) is 5.41 Å². The summed E-state index contributed by atoms with van der Waals surface area (Å²) in [5.74, 6) is 0.603. The van der Waals surface area contributed by atoms with Crippen LogP contribution in [0.5, 0.6) is 0 Å². The van der Waals surface area contributed by atoms with E-state index in [0.717, 1.165) is 77.8 Å². The van der Waals surface area contributed by atoms with Gasteiger partial charge in [-0.3, -0.25) is 0 Å². The van der Waals surface area contributed by atoms with E-state index < -0.39 is 0 Å². The number of benzene rings is 7. The molecule has 0 aliphatic rings. The largest absolute Gasteiger partial charge is 0.308 e. The van der Waals surface area contributed by atoms with E-state index in [0.29, 0.717) is 17.0 Å². The molecular weight excluding hydrogens is 695 g/mol. The van der Waals surface area contributed by atoms with Crippen molar-refractivity contribution in [2.24, 2.45) is 0 Å². The molecule has 0 N–H and O–H groups in total. The van der Waals surface area contributed by atoms with E-state index in [4.69, 9.17) is 9.97 Å². The topological polar surface area (TPSA) is 78.3 Å². The van der Waals surface area contributed by atoms with Crippen LogP contribution in [0.1, 0.15) is 37.5 Å². The van der Waals surface area contributed by atoms with Crippen molar-refractivity contribution in [3.63, 3.8) is 0 Å². The summed E-state index contributed by atoms with van der Waals surface area (Å²) in [6.45, 7) is 6.71. The molecule has 0 radical (unpaired) electrons. The summed E-state index contributed by atoms with van der Waals surface area (Å²) >= 11 is 0. The SMILES string of the molecule is CC(C)(C)c1ccc2c(c1)c1ccccc1n2-c1c(-c2ccccc2C#N)cc(-c2cc(-c3ccccc3)nc(-c3ccccc3)n2)cc1-c1ccccc1C#N. The van der Waals surface area contributed by atoms with Crippen molar-refractivity contribution >= 4 is 21.8 Å². The molecule has 9 rings (SSSR count). The van der Waals surface area contributed by atoms with Gasteiger partial charge in [0.1, 0.15) is 0 Å². The van der Waals surface area contributed by atoms with E-state index in [-0.39, 0.29) is 5.41 Å². The Morgan fingerprint density at radius 2 is 0.965 bits per heavy atom. The van der Waals surface area contributed by atoms with Crippen LogP contribution in [0.15, 0.2) is 170 Å². The molecule has 0 unspecified atom stereocenters. The number of hydrogen-bond donors (Lipinski definition) is 0. The molecule has 2 aromatic heterocycles. The van der Waals surface area contributed by atoms with Gasteiger partial charge in [0.2, 0.25) is 0 Å². The maximum atomic E-state index is 10.6. The third kappa shape index (κ3) is 6.32. The van der Waals surface area contributed by atoms with Gasteiger partial charge in [-0.05, 0) is 59.5 Å². The highest BCUT2D eigenvalue weighted by Crippen LogP contribution is 2.46. The zero-order chi connectivity index (χ0) is 39.1. The first-order valence-electron chi connectivity index (χ1n) is 19.0. The van der Waals surface area contributed by atoms with Gasteiger partial charge >= 0.3 is 0 Å². The second-order valence-electron chi connectivity index (χ2n) is 15.3. The Labute approximate surface area is 332 Å². The Hall–Kier alpha value is -7.60. The van der Waals surface area contributed by atoms with E-state index in [2.05, 4.69) is 104 Å². The number of hydrogen-bond acceptors (Lipinski definition) is 4. The van der Waals surface area contributed by atoms with Gasteiger partial charge in [-0.2, -0.15) is 10.5 Å². The van der Waals surface area contributed by atoms with Gasteiger partial charge in [0.05, 0.1) is 51.4 Å². The maximum absolute atomic E-state index is 10.6. The average molecular weight is 732 g/mol. The summed E-state index contributed by atoms with van der Waals surface area (Å²) in [6.07, 6.45) is 0. The van der Waals surface area contributed by atoms with Crippen LogP contribution in [0.4, 0.5) is 0 Å². The first kappa shape index (κ1) is 35.1. The molecule has 7 aromatic carbocycles. The van der Waals surface area contributed by atoms with E-state index >= 15 is 0 Å². The van der Waals surface area contributed by atoms with E-state index in [1.54, 1.807) is 0 Å². The molecule has 5 heteroatoms. The average Bonchev–Trinajstić information content (AvgIpc) is 3.59. The van der Waals surface area contributed by atoms with Gasteiger partial charge in [0.25, 0.3) is 0 Å². The second kappa shape index (κ2) is 14.2. The van der Waals surface area contributed by atoms with Crippen molar-refractivity contribution in [1.29, 1.82) is 10.5 Å². The number of fused-ring (bicyclic) bond motifs is 3. The molecule has 0 saturated heterocycles. The van der Waals surface area contributed by atoms with Crippen LogP contribution in [0, 0.1) is 22.7 Å². The van der Waals surface area contributed by atoms with Crippen LogP contribution in [-0.4, -0.2) is 14.5 Å². The predicted molar refractivity (Wildman–Crippen MR) is 232 cm³/mol. The molecule has 0 saturated carbocycles. The van der Waals surface area contributed by atoms with Crippen molar-refractivity contribution in [3.05, 3.63) is 187 Å². The van der Waals surface area contributed by atoms with Gasteiger partial charge in [-0.1, -0.05) is 142 Å². The standard InChI is InChI=1S/C52H37N5/c1-52(2,3)39-26-27-49-43(30-39)42-24-14-15-25-48(42)57(49)50-44(40-22-12-10-20-36(40)32-53)28-38(29-45(50)41-23-13-11-21-37(41)33-54)47-31-46(34-16-6-4-7-17-34)55-51(56-47)35-18-8-5-9-19-35/h4-31H,1-3H3. The highest BCUT2D eigenvalue weighted by molar-refractivity contribution is 6.11. The molecule has 0 bridgehead atoms. The molecule has 0 aliphatic carbocycles. The van der Waals surface area contributed by atoms with E-state index in [1.165, 1.54) is 5.56 Å². The van der Waals surface area contributed by atoms with Crippen LogP contribution in [0.2, 0.25) is 0 Å². The predicted octanol–water partition coefficient (Wildman–Crippen LogP) is 12.9. The van der Waals surface area contributed by atoms with Crippen molar-refractivity contribution in [2.75, 3.05) is 0 Å². The molecular formula is C52H37N5.